The van der Waals surface area contributed by atoms with Crippen LogP contribution in [0.25, 0.3) is 11.0 Å². The van der Waals surface area contributed by atoms with Crippen molar-refractivity contribution in [2.45, 2.75) is 6.04 Å². The van der Waals surface area contributed by atoms with Gasteiger partial charge in [-0.2, -0.15) is 0 Å². The molecule has 0 bridgehead atoms. The highest BCUT2D eigenvalue weighted by molar-refractivity contribution is 5.89. The lowest BCUT2D eigenvalue weighted by atomic mass is 9.96. The van der Waals surface area contributed by atoms with Crippen molar-refractivity contribution in [2.75, 3.05) is 0 Å². The molecule has 2 heterocycles. The zero-order chi connectivity index (χ0) is 16.0. The van der Waals surface area contributed by atoms with Crippen LogP contribution >= 0.6 is 0 Å². The Morgan fingerprint density at radius 3 is 2.57 bits per heavy atom. The number of para-hydroxylation sites is 1. The van der Waals surface area contributed by atoms with Gasteiger partial charge in [0, 0.05) is 5.56 Å². The largest absolute Gasteiger partial charge is 0.422 e. The number of ether oxygens (including phenoxy) is 1. The number of fused-ring (bicyclic) bond motifs is 3. The summed E-state index contributed by atoms with van der Waals surface area (Å²) in [6.07, 6.45) is -0.749. The summed E-state index contributed by atoms with van der Waals surface area (Å²) >= 11 is 0. The molecule has 0 aliphatic carbocycles. The Morgan fingerprint density at radius 1 is 1.00 bits per heavy atom. The van der Waals surface area contributed by atoms with Crippen LogP contribution in [0.4, 0.5) is 9.18 Å². The van der Waals surface area contributed by atoms with Gasteiger partial charge in [-0.3, -0.25) is 0 Å². The number of hydrogen-bond acceptors (Lipinski definition) is 4. The first-order valence-corrected chi connectivity index (χ1v) is 6.93. The van der Waals surface area contributed by atoms with Gasteiger partial charge >= 0.3 is 11.7 Å². The first kappa shape index (κ1) is 13.5. The smallest absolute Gasteiger partial charge is 0.413 e. The van der Waals surface area contributed by atoms with Gasteiger partial charge in [-0.15, -0.1) is 0 Å². The molecule has 23 heavy (non-hydrogen) atoms. The van der Waals surface area contributed by atoms with E-state index in [4.69, 9.17) is 9.15 Å². The Balaban J connectivity index is 2.05. The highest BCUT2D eigenvalue weighted by atomic mass is 19.1. The first-order valence-electron chi connectivity index (χ1n) is 6.93. The van der Waals surface area contributed by atoms with Crippen LogP contribution in [0.1, 0.15) is 17.2 Å². The molecule has 3 aromatic rings. The second-order valence-electron chi connectivity index (χ2n) is 5.12. The zero-order valence-corrected chi connectivity index (χ0v) is 11.7. The number of rotatable bonds is 1. The third-order valence-electron chi connectivity index (χ3n) is 3.76. The Morgan fingerprint density at radius 2 is 1.74 bits per heavy atom. The topological polar surface area (TPSA) is 68.5 Å². The highest BCUT2D eigenvalue weighted by Gasteiger charge is 2.34. The number of hydrogen-bond donors (Lipinski definition) is 1. The Bertz CT molecular complexity index is 995. The third kappa shape index (κ3) is 2.07. The maximum atomic E-state index is 14.1. The van der Waals surface area contributed by atoms with Gasteiger partial charge in [-0.1, -0.05) is 30.3 Å². The van der Waals surface area contributed by atoms with Crippen molar-refractivity contribution in [1.82, 2.24) is 5.32 Å². The molecular weight excluding hydrogens is 301 g/mol. The van der Waals surface area contributed by atoms with Crippen molar-refractivity contribution in [3.8, 4) is 5.75 Å². The molecule has 1 aliphatic heterocycles. The van der Waals surface area contributed by atoms with Gasteiger partial charge in [0.2, 0.25) is 0 Å². The van der Waals surface area contributed by atoms with Crippen LogP contribution in [-0.2, 0) is 0 Å². The van der Waals surface area contributed by atoms with E-state index in [0.29, 0.717) is 11.0 Å². The van der Waals surface area contributed by atoms with E-state index in [9.17, 15) is 14.0 Å². The van der Waals surface area contributed by atoms with Crippen molar-refractivity contribution >= 4 is 17.1 Å². The minimum atomic E-state index is -0.965. The molecule has 4 rings (SSSR count). The lowest BCUT2D eigenvalue weighted by Gasteiger charge is -2.26. The SMILES string of the molecule is O=C1NC(c2ccccc2F)c2c(c3ccccc3oc2=O)O1. The number of carbonyl (C=O) groups excluding carboxylic acids is 1. The van der Waals surface area contributed by atoms with Gasteiger partial charge < -0.3 is 14.5 Å². The summed E-state index contributed by atoms with van der Waals surface area (Å²) in [4.78, 5) is 24.2. The van der Waals surface area contributed by atoms with Gasteiger partial charge in [-0.05, 0) is 18.2 Å². The standard InChI is InChI=1S/C17H10FNO4/c18-11-7-3-1-5-9(11)14-13-15(23-17(21)19-14)10-6-2-4-8-12(10)22-16(13)20/h1-8,14H,(H,19,21). The average molecular weight is 311 g/mol. The number of benzene rings is 2. The van der Waals surface area contributed by atoms with Crippen LogP contribution in [0, 0.1) is 5.82 Å². The van der Waals surface area contributed by atoms with Crippen LogP contribution in [-0.4, -0.2) is 6.09 Å². The van der Waals surface area contributed by atoms with Gasteiger partial charge in [0.1, 0.15) is 17.0 Å². The van der Waals surface area contributed by atoms with E-state index in [1.165, 1.54) is 18.2 Å². The maximum Gasteiger partial charge on any atom is 0.413 e. The summed E-state index contributed by atoms with van der Waals surface area (Å²) in [6.45, 7) is 0. The first-order chi connectivity index (χ1) is 11.1. The lowest BCUT2D eigenvalue weighted by molar-refractivity contribution is 0.190. The monoisotopic (exact) mass is 311 g/mol. The predicted octanol–water partition coefficient (Wildman–Crippen LogP) is 3.12. The predicted molar refractivity (Wildman–Crippen MR) is 79.9 cm³/mol. The van der Waals surface area contributed by atoms with E-state index in [1.54, 1.807) is 30.3 Å². The van der Waals surface area contributed by atoms with Crippen LogP contribution < -0.4 is 15.7 Å². The Kier molecular flexibility index (Phi) is 2.90. The fraction of sp³-hybridized carbons (Fsp3) is 0.0588. The molecule has 0 saturated carbocycles. The summed E-state index contributed by atoms with van der Waals surface area (Å²) in [5.74, 6) is -0.424. The van der Waals surface area contributed by atoms with E-state index in [2.05, 4.69) is 5.32 Å². The van der Waals surface area contributed by atoms with Crippen molar-refractivity contribution in [1.29, 1.82) is 0 Å². The van der Waals surface area contributed by atoms with Crippen molar-refractivity contribution < 1.29 is 18.3 Å². The number of amides is 1. The fourth-order valence-electron chi connectivity index (χ4n) is 2.75. The number of nitrogens with one attached hydrogen (secondary N) is 1. The molecule has 5 nitrogen and oxygen atoms in total. The molecule has 1 aliphatic rings. The summed E-state index contributed by atoms with van der Waals surface area (Å²) in [7, 11) is 0. The molecule has 0 saturated heterocycles. The average Bonchev–Trinajstić information content (AvgIpc) is 2.54. The zero-order valence-electron chi connectivity index (χ0n) is 11.7. The van der Waals surface area contributed by atoms with E-state index >= 15 is 0 Å². The molecule has 0 spiro atoms. The van der Waals surface area contributed by atoms with Crippen LogP contribution in [0.15, 0.2) is 57.7 Å². The van der Waals surface area contributed by atoms with Crippen LogP contribution in [0.5, 0.6) is 5.75 Å². The summed E-state index contributed by atoms with van der Waals surface area (Å²) < 4.78 is 24.6. The summed E-state index contributed by atoms with van der Waals surface area (Å²) in [5.41, 5.74) is -0.119. The second kappa shape index (κ2) is 4.95. The molecule has 2 aromatic carbocycles. The van der Waals surface area contributed by atoms with Crippen molar-refractivity contribution in [3.63, 3.8) is 0 Å². The molecular formula is C17H10FNO4. The molecule has 0 fully saturated rings. The molecule has 1 N–H and O–H groups in total. The highest BCUT2D eigenvalue weighted by Crippen LogP contribution is 2.37. The van der Waals surface area contributed by atoms with Gasteiger partial charge in [0.05, 0.1) is 11.4 Å². The molecule has 1 atom stereocenters. The van der Waals surface area contributed by atoms with Gasteiger partial charge in [0.25, 0.3) is 0 Å². The molecule has 1 unspecified atom stereocenters. The van der Waals surface area contributed by atoms with E-state index in [0.717, 1.165) is 0 Å². The Hall–Kier alpha value is -3.15. The van der Waals surface area contributed by atoms with Gasteiger partial charge in [-0.25, -0.2) is 14.0 Å². The second-order valence-corrected chi connectivity index (χ2v) is 5.12. The number of carbonyl (C=O) groups is 1. The maximum absolute atomic E-state index is 14.1. The minimum absolute atomic E-state index is 0.0772. The van der Waals surface area contributed by atoms with E-state index < -0.39 is 23.6 Å². The normalized spacial score (nSPS) is 16.6. The van der Waals surface area contributed by atoms with Crippen molar-refractivity contribution in [2.24, 2.45) is 0 Å². The van der Waals surface area contributed by atoms with Crippen LogP contribution in [0.3, 0.4) is 0 Å². The fourth-order valence-corrected chi connectivity index (χ4v) is 2.75. The van der Waals surface area contributed by atoms with Crippen LogP contribution in [0.2, 0.25) is 0 Å². The minimum Gasteiger partial charge on any atom is -0.422 e. The van der Waals surface area contributed by atoms with E-state index in [1.807, 2.05) is 0 Å². The Labute approximate surface area is 129 Å². The molecule has 1 aromatic heterocycles. The van der Waals surface area contributed by atoms with E-state index in [-0.39, 0.29) is 16.9 Å². The summed E-state index contributed by atoms with van der Waals surface area (Å²) in [6, 6.07) is 11.7. The third-order valence-corrected chi connectivity index (χ3v) is 3.76. The quantitative estimate of drug-likeness (QED) is 0.701. The van der Waals surface area contributed by atoms with Crippen molar-refractivity contribution in [3.05, 3.63) is 75.9 Å². The molecule has 0 radical (unpaired) electrons. The van der Waals surface area contributed by atoms with Gasteiger partial charge in [0.15, 0.2) is 5.75 Å². The number of halogens is 1. The lowest BCUT2D eigenvalue weighted by Crippen LogP contribution is -2.39. The summed E-state index contributed by atoms with van der Waals surface area (Å²) in [5, 5.41) is 2.96. The molecule has 114 valence electrons. The molecule has 6 heteroatoms. The molecule has 1 amide bonds.